The fourth-order valence-electron chi connectivity index (χ4n) is 2.18. The molecule has 1 fully saturated rings. The fourth-order valence-corrected chi connectivity index (χ4v) is 3.02. The molecule has 0 saturated carbocycles. The molecule has 6 nitrogen and oxygen atoms in total. The Morgan fingerprint density at radius 2 is 2.00 bits per heavy atom. The average molecular weight is 372 g/mol. The molecule has 26 heavy (non-hydrogen) atoms. The van der Waals surface area contributed by atoms with Crippen LogP contribution < -0.4 is 5.32 Å². The number of carbonyl (C=O) groups excluding carboxylic acids is 2. The highest BCUT2D eigenvalue weighted by Crippen LogP contribution is 2.30. The monoisotopic (exact) mass is 372 g/mol. The Hall–Kier alpha value is -3.13. The second kappa shape index (κ2) is 7.40. The van der Waals surface area contributed by atoms with Gasteiger partial charge >= 0.3 is 5.97 Å². The van der Waals surface area contributed by atoms with Gasteiger partial charge < -0.3 is 15.2 Å². The summed E-state index contributed by atoms with van der Waals surface area (Å²) < 4.78 is 17.5. The zero-order valence-electron chi connectivity index (χ0n) is 13.5. The minimum Gasteiger partial charge on any atom is -0.507 e. The average Bonchev–Trinajstić information content (AvgIpc) is 2.97. The minimum absolute atomic E-state index is 0.0225. The molecule has 2 aromatic rings. The number of ether oxygens (including phenoxy) is 1. The molecule has 0 spiro atoms. The van der Waals surface area contributed by atoms with Crippen molar-refractivity contribution in [3.63, 3.8) is 0 Å². The van der Waals surface area contributed by atoms with Crippen molar-refractivity contribution < 1.29 is 23.8 Å². The second-order valence-corrected chi connectivity index (χ2v) is 6.26. The topological polar surface area (TPSA) is 88.0 Å². The van der Waals surface area contributed by atoms with Crippen LogP contribution in [-0.2, 0) is 9.53 Å². The highest BCUT2D eigenvalue weighted by Gasteiger charge is 2.24. The molecule has 8 heteroatoms. The number of thioether (sulfide) groups is 1. The van der Waals surface area contributed by atoms with E-state index >= 15 is 0 Å². The van der Waals surface area contributed by atoms with E-state index < -0.39 is 5.97 Å². The molecule has 0 radical (unpaired) electrons. The van der Waals surface area contributed by atoms with Crippen molar-refractivity contribution >= 4 is 40.6 Å². The second-order valence-electron chi connectivity index (χ2n) is 5.23. The Bertz CT molecular complexity index is 939. The number of nitrogens with zero attached hydrogens (tertiary/aromatic N) is 1. The SMILES string of the molecule is COC(=O)c1cc(N=C2NC(=O)/C(=C/c3ccc(F)cc3)S2)ccc1O. The Balaban J connectivity index is 1.84. The lowest BCUT2D eigenvalue weighted by atomic mass is 10.2. The smallest absolute Gasteiger partial charge is 0.341 e. The van der Waals surface area contributed by atoms with Crippen LogP contribution in [0.15, 0.2) is 52.4 Å². The normalized spacial score (nSPS) is 16.8. The number of nitrogens with one attached hydrogen (secondary N) is 1. The summed E-state index contributed by atoms with van der Waals surface area (Å²) in [5, 5.41) is 12.6. The van der Waals surface area contributed by atoms with Crippen LogP contribution in [-0.4, -0.2) is 29.3 Å². The van der Waals surface area contributed by atoms with Crippen molar-refractivity contribution in [2.24, 2.45) is 4.99 Å². The zero-order chi connectivity index (χ0) is 18.7. The highest BCUT2D eigenvalue weighted by molar-refractivity contribution is 8.18. The largest absolute Gasteiger partial charge is 0.507 e. The fraction of sp³-hybridized carbons (Fsp3) is 0.0556. The highest BCUT2D eigenvalue weighted by atomic mass is 32.2. The number of hydrogen-bond donors (Lipinski definition) is 2. The molecule has 132 valence electrons. The predicted molar refractivity (Wildman–Crippen MR) is 96.7 cm³/mol. The summed E-state index contributed by atoms with van der Waals surface area (Å²) in [5.41, 5.74) is 1.03. The van der Waals surface area contributed by atoms with Crippen molar-refractivity contribution in [1.82, 2.24) is 5.32 Å². The summed E-state index contributed by atoms with van der Waals surface area (Å²) in [6, 6.07) is 9.93. The summed E-state index contributed by atoms with van der Waals surface area (Å²) in [4.78, 5) is 28.3. The van der Waals surface area contributed by atoms with E-state index in [0.717, 1.165) is 11.8 Å². The van der Waals surface area contributed by atoms with Crippen molar-refractivity contribution in [2.75, 3.05) is 7.11 Å². The van der Waals surface area contributed by atoms with E-state index in [1.54, 1.807) is 18.2 Å². The number of benzene rings is 2. The first kappa shape index (κ1) is 17.7. The molecule has 1 amide bonds. The molecule has 1 heterocycles. The van der Waals surface area contributed by atoms with Crippen LogP contribution >= 0.6 is 11.8 Å². The third-order valence-corrected chi connectivity index (χ3v) is 4.34. The number of hydrogen-bond acceptors (Lipinski definition) is 6. The maximum absolute atomic E-state index is 12.9. The van der Waals surface area contributed by atoms with Gasteiger partial charge in [0.15, 0.2) is 5.17 Å². The van der Waals surface area contributed by atoms with Gasteiger partial charge in [0, 0.05) is 0 Å². The van der Waals surface area contributed by atoms with E-state index in [1.807, 2.05) is 0 Å². The lowest BCUT2D eigenvalue weighted by molar-refractivity contribution is -0.115. The van der Waals surface area contributed by atoms with Crippen LogP contribution in [0.25, 0.3) is 6.08 Å². The number of rotatable bonds is 3. The molecule has 0 bridgehead atoms. The van der Waals surface area contributed by atoms with Gasteiger partial charge in [-0.05, 0) is 53.7 Å². The van der Waals surface area contributed by atoms with Gasteiger partial charge in [-0.25, -0.2) is 14.2 Å². The molecule has 2 N–H and O–H groups in total. The Morgan fingerprint density at radius 3 is 2.69 bits per heavy atom. The molecular weight excluding hydrogens is 359 g/mol. The van der Waals surface area contributed by atoms with E-state index in [1.165, 1.54) is 37.4 Å². The maximum atomic E-state index is 12.9. The van der Waals surface area contributed by atoms with Crippen molar-refractivity contribution in [2.45, 2.75) is 0 Å². The molecule has 0 unspecified atom stereocenters. The molecular formula is C18H13FN2O4S. The van der Waals surface area contributed by atoms with Crippen LogP contribution in [0.4, 0.5) is 10.1 Å². The molecule has 0 atom stereocenters. The first-order chi connectivity index (χ1) is 12.5. The van der Waals surface area contributed by atoms with Gasteiger partial charge in [0.05, 0.1) is 17.7 Å². The molecule has 1 aliphatic rings. The van der Waals surface area contributed by atoms with Gasteiger partial charge in [-0.2, -0.15) is 0 Å². The number of methoxy groups -OCH3 is 1. The maximum Gasteiger partial charge on any atom is 0.341 e. The van der Waals surface area contributed by atoms with Gasteiger partial charge in [0.2, 0.25) is 0 Å². The van der Waals surface area contributed by atoms with Crippen LogP contribution in [0.3, 0.4) is 0 Å². The lowest BCUT2D eigenvalue weighted by Gasteiger charge is -2.03. The van der Waals surface area contributed by atoms with Gasteiger partial charge in [-0.1, -0.05) is 12.1 Å². The number of esters is 1. The Labute approximate surface area is 152 Å². The number of amides is 1. The molecule has 1 aliphatic heterocycles. The van der Waals surface area contributed by atoms with E-state index in [0.29, 0.717) is 21.3 Å². The Kier molecular flexibility index (Phi) is 5.04. The van der Waals surface area contributed by atoms with Gasteiger partial charge in [-0.15, -0.1) is 0 Å². The molecule has 0 aromatic heterocycles. The van der Waals surface area contributed by atoms with Crippen molar-refractivity contribution in [3.8, 4) is 5.75 Å². The van der Waals surface area contributed by atoms with Gasteiger partial charge in [0.25, 0.3) is 5.91 Å². The summed E-state index contributed by atoms with van der Waals surface area (Å²) in [5.74, 6) is -1.60. The van der Waals surface area contributed by atoms with Gasteiger partial charge in [0.1, 0.15) is 17.1 Å². The molecule has 0 aliphatic carbocycles. The van der Waals surface area contributed by atoms with Crippen molar-refractivity contribution in [3.05, 3.63) is 64.3 Å². The number of phenolic OH excluding ortho intramolecular Hbond substituents is 1. The lowest BCUT2D eigenvalue weighted by Crippen LogP contribution is -2.19. The number of halogens is 1. The van der Waals surface area contributed by atoms with E-state index in [4.69, 9.17) is 0 Å². The molecule has 1 saturated heterocycles. The third kappa shape index (κ3) is 3.92. The first-order valence-corrected chi connectivity index (χ1v) is 8.24. The number of amidine groups is 1. The predicted octanol–water partition coefficient (Wildman–Crippen LogP) is 3.21. The zero-order valence-corrected chi connectivity index (χ0v) is 14.3. The Morgan fingerprint density at radius 1 is 1.27 bits per heavy atom. The van der Waals surface area contributed by atoms with E-state index in [2.05, 4.69) is 15.0 Å². The van der Waals surface area contributed by atoms with Gasteiger partial charge in [-0.3, -0.25) is 4.79 Å². The van der Waals surface area contributed by atoms with Crippen LogP contribution in [0, 0.1) is 5.82 Å². The van der Waals surface area contributed by atoms with Crippen molar-refractivity contribution in [1.29, 1.82) is 0 Å². The number of aromatic hydroxyl groups is 1. The number of aliphatic imine (C=N–C) groups is 1. The summed E-state index contributed by atoms with van der Waals surface area (Å²) >= 11 is 1.11. The van der Waals surface area contributed by atoms with E-state index in [9.17, 15) is 19.1 Å². The summed E-state index contributed by atoms with van der Waals surface area (Å²) in [6.45, 7) is 0. The van der Waals surface area contributed by atoms with Crippen LogP contribution in [0.1, 0.15) is 15.9 Å². The summed E-state index contributed by atoms with van der Waals surface area (Å²) in [7, 11) is 1.21. The third-order valence-electron chi connectivity index (χ3n) is 3.43. The van der Waals surface area contributed by atoms with Crippen LogP contribution in [0.5, 0.6) is 5.75 Å². The quantitative estimate of drug-likeness (QED) is 0.638. The molecule has 3 rings (SSSR count). The number of carbonyl (C=O) groups is 2. The first-order valence-electron chi connectivity index (χ1n) is 7.43. The minimum atomic E-state index is -0.690. The van der Waals surface area contributed by atoms with E-state index in [-0.39, 0.29) is 23.0 Å². The van der Waals surface area contributed by atoms with Crippen LogP contribution in [0.2, 0.25) is 0 Å². The number of phenols is 1. The summed E-state index contributed by atoms with van der Waals surface area (Å²) in [6.07, 6.45) is 1.62. The standard InChI is InChI=1S/C18H13FN2O4S/c1-25-17(24)13-9-12(6-7-14(13)22)20-18-21-16(23)15(26-18)8-10-2-4-11(19)5-3-10/h2-9,22H,1H3,(H,20,21,23)/b15-8-. The molecule has 2 aromatic carbocycles.